The van der Waals surface area contributed by atoms with E-state index >= 15 is 0 Å². The van der Waals surface area contributed by atoms with Crippen molar-refractivity contribution in [1.29, 1.82) is 0 Å². The van der Waals surface area contributed by atoms with Gasteiger partial charge in [0.25, 0.3) is 5.91 Å². The molecule has 1 saturated heterocycles. The van der Waals surface area contributed by atoms with Gasteiger partial charge < -0.3 is 14.8 Å². The number of carbonyl (C=O) groups excluding carboxylic acids is 5. The molecule has 0 aromatic heterocycles. The third kappa shape index (κ3) is 5.59. The van der Waals surface area contributed by atoms with Crippen molar-refractivity contribution in [2.45, 2.75) is 63.8 Å². The van der Waals surface area contributed by atoms with Crippen LogP contribution in [0.1, 0.15) is 90.4 Å². The fourth-order valence-corrected chi connectivity index (χ4v) is 7.27. The molecule has 9 nitrogen and oxygen atoms in total. The van der Waals surface area contributed by atoms with Gasteiger partial charge in [-0.05, 0) is 59.4 Å². The molecule has 3 aromatic rings. The fraction of sp³-hybridized carbons (Fsp3) is 0.378. The van der Waals surface area contributed by atoms with Crippen LogP contribution in [0.2, 0.25) is 0 Å². The molecule has 3 amide bonds. The summed E-state index contributed by atoms with van der Waals surface area (Å²) in [5, 5.41) is 2.65. The number of nitrogens with one attached hydrogen (secondary N) is 1. The maximum absolute atomic E-state index is 14.2. The Morgan fingerprint density at radius 3 is 1.76 bits per heavy atom. The Balaban J connectivity index is 1.15. The van der Waals surface area contributed by atoms with E-state index in [1.165, 1.54) is 0 Å². The topological polar surface area (TPSA) is 119 Å². The second-order valence-corrected chi connectivity index (χ2v) is 12.2. The van der Waals surface area contributed by atoms with E-state index in [9.17, 15) is 24.0 Å². The Bertz CT molecular complexity index is 1550. The van der Waals surface area contributed by atoms with Gasteiger partial charge in [-0.2, -0.15) is 0 Å². The van der Waals surface area contributed by atoms with Crippen LogP contribution >= 0.6 is 0 Å². The lowest BCUT2D eigenvalue weighted by Crippen LogP contribution is -2.47. The Labute approximate surface area is 268 Å². The summed E-state index contributed by atoms with van der Waals surface area (Å²) < 4.78 is 10.6. The summed E-state index contributed by atoms with van der Waals surface area (Å²) >= 11 is 0. The van der Waals surface area contributed by atoms with E-state index < -0.39 is 42.3 Å². The number of rotatable bonds is 12. The number of unbranched alkanes of at least 4 members (excludes halogenated alkanes) is 2. The Morgan fingerprint density at radius 1 is 0.739 bits per heavy atom. The number of nitrogens with zero attached hydrogens (tertiary/aromatic N) is 1. The van der Waals surface area contributed by atoms with Crippen molar-refractivity contribution < 1.29 is 33.4 Å². The molecule has 1 N–H and O–H groups in total. The summed E-state index contributed by atoms with van der Waals surface area (Å²) in [6.45, 7) is 3.73. The summed E-state index contributed by atoms with van der Waals surface area (Å²) in [6, 6.07) is 21.1. The molecule has 0 spiro atoms. The zero-order chi connectivity index (χ0) is 32.4. The van der Waals surface area contributed by atoms with Crippen molar-refractivity contribution in [1.82, 2.24) is 4.90 Å². The summed E-state index contributed by atoms with van der Waals surface area (Å²) in [5.41, 5.74) is 5.00. The molecule has 0 radical (unpaired) electrons. The van der Waals surface area contributed by atoms with Crippen LogP contribution in [0, 0.1) is 11.8 Å². The third-order valence-electron chi connectivity index (χ3n) is 9.38. The number of benzene rings is 3. The summed E-state index contributed by atoms with van der Waals surface area (Å²) in [6.07, 6.45) is 3.29. The predicted octanol–water partition coefficient (Wildman–Crippen LogP) is 5.58. The van der Waals surface area contributed by atoms with Gasteiger partial charge >= 0.3 is 11.9 Å². The van der Waals surface area contributed by atoms with E-state index in [1.54, 1.807) is 24.3 Å². The van der Waals surface area contributed by atoms with Crippen molar-refractivity contribution in [3.05, 3.63) is 101 Å². The molecule has 46 heavy (non-hydrogen) atoms. The molecule has 1 aliphatic heterocycles. The van der Waals surface area contributed by atoms with E-state index in [2.05, 4.69) is 5.32 Å². The van der Waals surface area contributed by atoms with E-state index in [0.717, 1.165) is 46.4 Å². The molecule has 3 aromatic carbocycles. The molecule has 1 fully saturated rings. The van der Waals surface area contributed by atoms with Gasteiger partial charge in [0.05, 0.1) is 24.0 Å². The van der Waals surface area contributed by atoms with Crippen LogP contribution in [-0.4, -0.2) is 53.8 Å². The normalized spacial score (nSPS) is 21.2. The maximum Gasteiger partial charge on any atom is 0.338 e. The van der Waals surface area contributed by atoms with Crippen LogP contribution in [0.3, 0.4) is 0 Å². The lowest BCUT2D eigenvalue weighted by molar-refractivity contribution is -0.160. The molecule has 238 valence electrons. The molecule has 9 heteroatoms. The largest absolute Gasteiger partial charge is 0.462 e. The van der Waals surface area contributed by atoms with E-state index in [1.807, 2.05) is 62.4 Å². The molecular formula is C37H38N2O7. The fourth-order valence-electron chi connectivity index (χ4n) is 7.27. The summed E-state index contributed by atoms with van der Waals surface area (Å²) in [7, 11) is 0. The highest BCUT2D eigenvalue weighted by Gasteiger charge is 2.63. The summed E-state index contributed by atoms with van der Waals surface area (Å²) in [4.78, 5) is 67.9. The number of hydrogen-bond acceptors (Lipinski definition) is 7. The Hall–Kier alpha value is -4.79. The number of imide groups is 1. The number of carbonyl (C=O) groups is 5. The average molecular weight is 623 g/mol. The van der Waals surface area contributed by atoms with Crippen molar-refractivity contribution in [3.63, 3.8) is 0 Å². The van der Waals surface area contributed by atoms with Gasteiger partial charge in [-0.1, -0.05) is 81.6 Å². The number of ether oxygens (including phenoxy) is 2. The quantitative estimate of drug-likeness (QED) is 0.159. The number of likely N-dealkylation sites (tertiary alicyclic amines) is 1. The second-order valence-electron chi connectivity index (χ2n) is 12.2. The molecule has 7 rings (SSSR count). The average Bonchev–Trinajstić information content (AvgIpc) is 3.34. The van der Waals surface area contributed by atoms with E-state index in [-0.39, 0.29) is 30.1 Å². The van der Waals surface area contributed by atoms with Crippen molar-refractivity contribution >= 4 is 35.3 Å². The highest BCUT2D eigenvalue weighted by molar-refractivity contribution is 6.10. The van der Waals surface area contributed by atoms with Crippen molar-refractivity contribution in [3.8, 4) is 0 Å². The highest BCUT2D eigenvalue weighted by atomic mass is 16.5. The van der Waals surface area contributed by atoms with Crippen molar-refractivity contribution in [2.75, 3.05) is 18.5 Å². The molecule has 0 saturated carbocycles. The molecule has 4 aliphatic rings. The maximum atomic E-state index is 14.2. The Morgan fingerprint density at radius 2 is 1.26 bits per heavy atom. The van der Waals surface area contributed by atoms with Crippen LogP contribution in [0.5, 0.6) is 0 Å². The number of hydrogen-bond donors (Lipinski definition) is 1. The molecule has 2 bridgehead atoms. The SMILES string of the molecule is CCCCOC(=O)c1ccc(NC(=O)COC(=O)[C@H](CCCC)N2C(=O)[C@@H]3C4c5ccccc5C(c5ccccc54)[C@H]3C2=O)cc1. The first-order chi connectivity index (χ1) is 22.3. The molecule has 3 atom stereocenters. The van der Waals surface area contributed by atoms with Crippen LogP contribution in [0.25, 0.3) is 0 Å². The minimum atomic E-state index is -1.12. The van der Waals surface area contributed by atoms with Gasteiger partial charge in [-0.3, -0.25) is 19.3 Å². The first-order valence-electron chi connectivity index (χ1n) is 16.1. The minimum Gasteiger partial charge on any atom is -0.462 e. The van der Waals surface area contributed by atoms with Gasteiger partial charge in [0, 0.05) is 17.5 Å². The smallest absolute Gasteiger partial charge is 0.338 e. The van der Waals surface area contributed by atoms with Gasteiger partial charge in [-0.25, -0.2) is 9.59 Å². The lowest BCUT2D eigenvalue weighted by atomic mass is 9.55. The van der Waals surface area contributed by atoms with E-state index in [0.29, 0.717) is 24.3 Å². The zero-order valence-corrected chi connectivity index (χ0v) is 26.1. The molecule has 0 unspecified atom stereocenters. The zero-order valence-electron chi connectivity index (χ0n) is 26.1. The lowest BCUT2D eigenvalue weighted by Gasteiger charge is -2.45. The second kappa shape index (κ2) is 13.3. The third-order valence-corrected chi connectivity index (χ3v) is 9.38. The molecular weight excluding hydrogens is 584 g/mol. The van der Waals surface area contributed by atoms with Crippen LogP contribution in [-0.2, 0) is 28.7 Å². The van der Waals surface area contributed by atoms with E-state index in [4.69, 9.17) is 9.47 Å². The van der Waals surface area contributed by atoms with Crippen molar-refractivity contribution in [2.24, 2.45) is 11.8 Å². The monoisotopic (exact) mass is 622 g/mol. The number of esters is 2. The Kier molecular flexibility index (Phi) is 9.01. The van der Waals surface area contributed by atoms with Gasteiger partial charge in [0.15, 0.2) is 6.61 Å². The first kappa shape index (κ1) is 31.2. The van der Waals surface area contributed by atoms with Gasteiger partial charge in [0.2, 0.25) is 11.8 Å². The minimum absolute atomic E-state index is 0.249. The number of anilines is 1. The standard InChI is InChI=1S/C37H38N2O7/c1-3-5-15-28(37(44)46-21-29(40)38-23-18-16-22(17-19-23)36(43)45-20-6-4-2)39-34(41)32-30-24-11-7-8-12-25(24)31(33(32)35(39)42)27-14-10-9-13-26(27)30/h7-14,16-19,28,30-33H,3-6,15,20-21H2,1-2H3,(H,38,40)/t28-,30?,31?,32+,33+/m0/s1. The highest BCUT2D eigenvalue weighted by Crippen LogP contribution is 2.61. The van der Waals surface area contributed by atoms with Gasteiger partial charge in [-0.15, -0.1) is 0 Å². The first-order valence-corrected chi connectivity index (χ1v) is 16.1. The van der Waals surface area contributed by atoms with Crippen LogP contribution in [0.15, 0.2) is 72.8 Å². The van der Waals surface area contributed by atoms with Crippen LogP contribution < -0.4 is 5.32 Å². The van der Waals surface area contributed by atoms with Crippen LogP contribution in [0.4, 0.5) is 5.69 Å². The molecule has 3 aliphatic carbocycles. The number of amides is 3. The van der Waals surface area contributed by atoms with Gasteiger partial charge in [0.1, 0.15) is 6.04 Å². The molecule has 1 heterocycles. The summed E-state index contributed by atoms with van der Waals surface area (Å²) in [5.74, 6) is -4.28. The predicted molar refractivity (Wildman–Crippen MR) is 170 cm³/mol.